The number of aromatic nitrogens is 5. The fourth-order valence-electron chi connectivity index (χ4n) is 2.70. The van der Waals surface area contributed by atoms with Crippen molar-refractivity contribution in [3.05, 3.63) is 77.0 Å². The van der Waals surface area contributed by atoms with Gasteiger partial charge < -0.3 is 5.32 Å². The molecule has 0 aliphatic heterocycles. The second kappa shape index (κ2) is 7.21. The summed E-state index contributed by atoms with van der Waals surface area (Å²) in [5.41, 5.74) is 0.202. The number of hydrogen-bond acceptors (Lipinski definition) is 4. The minimum absolute atomic E-state index is 0.0702. The molecule has 1 aromatic carbocycles. The molecule has 148 valence electrons. The highest BCUT2D eigenvalue weighted by atomic mass is 35.5. The van der Waals surface area contributed by atoms with Gasteiger partial charge in [-0.1, -0.05) is 29.8 Å². The Hall–Kier alpha value is -3.40. The van der Waals surface area contributed by atoms with Crippen molar-refractivity contribution < 1.29 is 18.0 Å². The third-order valence-electron chi connectivity index (χ3n) is 4.13. The van der Waals surface area contributed by atoms with E-state index in [1.807, 2.05) is 30.3 Å². The summed E-state index contributed by atoms with van der Waals surface area (Å²) in [6, 6.07) is 9.99. The molecule has 0 aliphatic carbocycles. The summed E-state index contributed by atoms with van der Waals surface area (Å²) in [6.45, 7) is -0.145. The standard InChI is InChI=1S/C18H12ClF3N6O/c19-14-6-12(18(20,21)22)10-27-15(25-26-16(14)27)8-23-17(29)11-7-24-28(9-11)13-4-2-1-3-5-13/h1-7,9-10H,8H2,(H,23,29). The summed E-state index contributed by atoms with van der Waals surface area (Å²) < 4.78 is 41.7. The minimum Gasteiger partial charge on any atom is -0.345 e. The van der Waals surface area contributed by atoms with Gasteiger partial charge in [-0.3, -0.25) is 9.20 Å². The second-order valence-electron chi connectivity index (χ2n) is 6.08. The molecule has 1 N–H and O–H groups in total. The van der Waals surface area contributed by atoms with Gasteiger partial charge in [-0.05, 0) is 18.2 Å². The molecule has 0 bridgehead atoms. The van der Waals surface area contributed by atoms with Crippen molar-refractivity contribution >= 4 is 23.2 Å². The molecular weight excluding hydrogens is 409 g/mol. The van der Waals surface area contributed by atoms with Gasteiger partial charge in [-0.25, -0.2) is 4.68 Å². The van der Waals surface area contributed by atoms with Crippen LogP contribution in [0.15, 0.2) is 55.0 Å². The molecule has 3 heterocycles. The van der Waals surface area contributed by atoms with E-state index in [2.05, 4.69) is 20.6 Å². The third kappa shape index (κ3) is 3.79. The van der Waals surface area contributed by atoms with Gasteiger partial charge in [0.1, 0.15) is 0 Å². The smallest absolute Gasteiger partial charge is 0.345 e. The van der Waals surface area contributed by atoms with Gasteiger partial charge in [-0.15, -0.1) is 10.2 Å². The number of halogens is 4. The number of rotatable bonds is 4. The van der Waals surface area contributed by atoms with Crippen LogP contribution in [-0.2, 0) is 12.7 Å². The van der Waals surface area contributed by atoms with Crippen molar-refractivity contribution in [1.29, 1.82) is 0 Å². The Bertz CT molecular complexity index is 1190. The molecule has 29 heavy (non-hydrogen) atoms. The number of hydrogen-bond donors (Lipinski definition) is 1. The zero-order valence-corrected chi connectivity index (χ0v) is 15.3. The van der Waals surface area contributed by atoms with Gasteiger partial charge in [0.2, 0.25) is 0 Å². The molecule has 0 saturated heterocycles. The quantitative estimate of drug-likeness (QED) is 0.548. The normalized spacial score (nSPS) is 11.7. The Morgan fingerprint density at radius 2 is 1.90 bits per heavy atom. The Kier molecular flexibility index (Phi) is 4.71. The number of pyridine rings is 1. The average Bonchev–Trinajstić information content (AvgIpc) is 3.34. The largest absolute Gasteiger partial charge is 0.417 e. The average molecular weight is 421 g/mol. The number of carbonyl (C=O) groups is 1. The lowest BCUT2D eigenvalue weighted by atomic mass is 10.2. The number of amides is 1. The maximum absolute atomic E-state index is 13.0. The lowest BCUT2D eigenvalue weighted by molar-refractivity contribution is -0.137. The van der Waals surface area contributed by atoms with Gasteiger partial charge in [0.25, 0.3) is 5.91 Å². The Balaban J connectivity index is 1.53. The summed E-state index contributed by atoms with van der Waals surface area (Å²) in [5, 5.41) is 14.1. The van der Waals surface area contributed by atoms with E-state index in [1.165, 1.54) is 10.9 Å². The van der Waals surface area contributed by atoms with Gasteiger partial charge in [0.15, 0.2) is 11.5 Å². The van der Waals surface area contributed by atoms with E-state index in [0.29, 0.717) is 0 Å². The monoisotopic (exact) mass is 420 g/mol. The molecule has 0 fully saturated rings. The summed E-state index contributed by atoms with van der Waals surface area (Å²) in [4.78, 5) is 12.4. The fourth-order valence-corrected chi connectivity index (χ4v) is 2.94. The predicted octanol–water partition coefficient (Wildman–Crippen LogP) is 3.52. The molecule has 0 saturated carbocycles. The van der Waals surface area contributed by atoms with E-state index in [1.54, 1.807) is 6.20 Å². The summed E-state index contributed by atoms with van der Waals surface area (Å²) in [7, 11) is 0. The van der Waals surface area contributed by atoms with Crippen molar-refractivity contribution in [1.82, 2.24) is 29.7 Å². The van der Waals surface area contributed by atoms with E-state index < -0.39 is 17.6 Å². The van der Waals surface area contributed by atoms with Crippen LogP contribution in [-0.4, -0.2) is 30.3 Å². The first-order valence-corrected chi connectivity index (χ1v) is 8.69. The number of carbonyl (C=O) groups excluding carboxylic acids is 1. The first-order valence-electron chi connectivity index (χ1n) is 8.31. The molecule has 0 unspecified atom stereocenters. The van der Waals surface area contributed by atoms with Crippen LogP contribution in [0.3, 0.4) is 0 Å². The van der Waals surface area contributed by atoms with Crippen molar-refractivity contribution in [3.63, 3.8) is 0 Å². The Labute approximate surface area is 166 Å². The molecule has 4 rings (SSSR count). The molecule has 4 aromatic rings. The minimum atomic E-state index is -4.57. The number of fused-ring (bicyclic) bond motifs is 1. The van der Waals surface area contributed by atoms with Crippen LogP contribution in [0.2, 0.25) is 5.02 Å². The molecule has 0 aliphatic rings. The van der Waals surface area contributed by atoms with Gasteiger partial charge in [0, 0.05) is 12.4 Å². The van der Waals surface area contributed by atoms with Crippen LogP contribution in [0.25, 0.3) is 11.3 Å². The molecule has 0 spiro atoms. The van der Waals surface area contributed by atoms with Crippen molar-refractivity contribution in [2.45, 2.75) is 12.7 Å². The molecule has 0 atom stereocenters. The summed E-state index contributed by atoms with van der Waals surface area (Å²) >= 11 is 5.88. The first kappa shape index (κ1) is 18.9. The topological polar surface area (TPSA) is 77.1 Å². The zero-order chi connectivity index (χ0) is 20.6. The molecule has 7 nitrogen and oxygen atoms in total. The van der Waals surface area contributed by atoms with Crippen LogP contribution in [0.4, 0.5) is 13.2 Å². The Morgan fingerprint density at radius 3 is 2.62 bits per heavy atom. The van der Waals surface area contributed by atoms with Gasteiger partial charge >= 0.3 is 6.18 Å². The fraction of sp³-hybridized carbons (Fsp3) is 0.111. The number of nitrogens with zero attached hydrogens (tertiary/aromatic N) is 5. The molecule has 0 radical (unpaired) electrons. The van der Waals surface area contributed by atoms with Crippen molar-refractivity contribution in [2.24, 2.45) is 0 Å². The Morgan fingerprint density at radius 1 is 1.14 bits per heavy atom. The van der Waals surface area contributed by atoms with Crippen LogP contribution < -0.4 is 5.32 Å². The zero-order valence-electron chi connectivity index (χ0n) is 14.6. The van der Waals surface area contributed by atoms with Crippen LogP contribution >= 0.6 is 11.6 Å². The van der Waals surface area contributed by atoms with Gasteiger partial charge in [0.05, 0.1) is 34.6 Å². The van der Waals surface area contributed by atoms with E-state index in [-0.39, 0.29) is 28.6 Å². The third-order valence-corrected chi connectivity index (χ3v) is 4.41. The van der Waals surface area contributed by atoms with E-state index in [9.17, 15) is 18.0 Å². The van der Waals surface area contributed by atoms with Crippen molar-refractivity contribution in [3.8, 4) is 5.69 Å². The molecule has 1 amide bonds. The molecular formula is C18H12ClF3N6O. The summed E-state index contributed by atoms with van der Waals surface area (Å²) in [5.74, 6) is -0.348. The number of benzene rings is 1. The number of nitrogens with one attached hydrogen (secondary N) is 1. The van der Waals surface area contributed by atoms with E-state index in [4.69, 9.17) is 11.6 Å². The van der Waals surface area contributed by atoms with E-state index in [0.717, 1.165) is 22.4 Å². The lowest BCUT2D eigenvalue weighted by Gasteiger charge is -2.09. The maximum Gasteiger partial charge on any atom is 0.417 e. The molecule has 3 aromatic heterocycles. The highest BCUT2D eigenvalue weighted by Gasteiger charge is 2.32. The number of para-hydroxylation sites is 1. The van der Waals surface area contributed by atoms with Crippen molar-refractivity contribution in [2.75, 3.05) is 0 Å². The SMILES string of the molecule is O=C(NCc1nnc2c(Cl)cc(C(F)(F)F)cn12)c1cnn(-c2ccccc2)c1. The summed E-state index contributed by atoms with van der Waals surface area (Å²) in [6.07, 6.45) is -0.793. The lowest BCUT2D eigenvalue weighted by Crippen LogP contribution is -2.23. The maximum atomic E-state index is 13.0. The van der Waals surface area contributed by atoms with Crippen LogP contribution in [0, 0.1) is 0 Å². The second-order valence-corrected chi connectivity index (χ2v) is 6.48. The van der Waals surface area contributed by atoms with Gasteiger partial charge in [-0.2, -0.15) is 18.3 Å². The highest BCUT2D eigenvalue weighted by Crippen LogP contribution is 2.32. The first-order chi connectivity index (χ1) is 13.8. The highest BCUT2D eigenvalue weighted by molar-refractivity contribution is 6.33. The van der Waals surface area contributed by atoms with Crippen LogP contribution in [0.5, 0.6) is 0 Å². The van der Waals surface area contributed by atoms with E-state index >= 15 is 0 Å². The predicted molar refractivity (Wildman–Crippen MR) is 97.7 cm³/mol. The number of alkyl halides is 3. The van der Waals surface area contributed by atoms with Crippen LogP contribution in [0.1, 0.15) is 21.7 Å². The molecule has 11 heteroatoms.